The van der Waals surface area contributed by atoms with Gasteiger partial charge in [0.05, 0.1) is 0 Å². The van der Waals surface area contributed by atoms with E-state index < -0.39 is 23.8 Å². The van der Waals surface area contributed by atoms with Gasteiger partial charge in [-0.3, -0.25) is 0 Å². The van der Waals surface area contributed by atoms with Crippen LogP contribution in [0.1, 0.15) is 39.5 Å². The maximum absolute atomic E-state index is 10.9. The van der Waals surface area contributed by atoms with Crippen molar-refractivity contribution in [1.29, 1.82) is 0 Å². The molecule has 3 atom stereocenters. The van der Waals surface area contributed by atoms with Gasteiger partial charge in [0.1, 0.15) is 0 Å². The topological polar surface area (TPSA) is 80.3 Å². The van der Waals surface area contributed by atoms with Gasteiger partial charge in [0.2, 0.25) is 0 Å². The van der Waals surface area contributed by atoms with E-state index in [1.165, 1.54) is 0 Å². The minimum absolute atomic E-state index is 0. The predicted octanol–water partition coefficient (Wildman–Crippen LogP) is -0.816. The molecule has 5 heteroatoms. The Morgan fingerprint density at radius 1 is 1.12 bits per heavy atom. The van der Waals surface area contributed by atoms with Crippen molar-refractivity contribution < 1.29 is 19.8 Å². The molecule has 0 aromatic rings. The minimum atomic E-state index is -1.25. The van der Waals surface area contributed by atoms with Crippen molar-refractivity contribution in [2.75, 3.05) is 0 Å². The van der Waals surface area contributed by atoms with E-state index in [9.17, 15) is 19.8 Å². The molecule has 0 bridgehead atoms. The van der Waals surface area contributed by atoms with Crippen LogP contribution >= 0.6 is 0 Å². The Morgan fingerprint density at radius 2 is 1.65 bits per heavy atom. The number of rotatable bonds is 4. The van der Waals surface area contributed by atoms with Crippen LogP contribution in [0.25, 0.3) is 0 Å². The summed E-state index contributed by atoms with van der Waals surface area (Å²) in [5, 5.41) is 21.7. The molecular formula is C12H18CaO4. The number of carbonyl (C=O) groups is 2. The minimum Gasteiger partial charge on any atom is -0.550 e. The molecule has 1 fully saturated rings. The number of carbonyl (C=O) groups excluding carboxylic acids is 2. The van der Waals surface area contributed by atoms with Gasteiger partial charge < -0.3 is 19.8 Å². The van der Waals surface area contributed by atoms with Crippen molar-refractivity contribution in [1.82, 2.24) is 0 Å². The maximum Gasteiger partial charge on any atom is 2.00 e. The molecule has 0 aliphatic heterocycles. The van der Waals surface area contributed by atoms with Gasteiger partial charge in [0.25, 0.3) is 0 Å². The summed E-state index contributed by atoms with van der Waals surface area (Å²) in [5.74, 6) is -3.43. The van der Waals surface area contributed by atoms with Gasteiger partial charge in [-0.05, 0) is 37.5 Å². The fourth-order valence-corrected chi connectivity index (χ4v) is 2.68. The summed E-state index contributed by atoms with van der Waals surface area (Å²) in [5.41, 5.74) is 0. The van der Waals surface area contributed by atoms with E-state index >= 15 is 0 Å². The van der Waals surface area contributed by atoms with Crippen molar-refractivity contribution >= 4 is 49.7 Å². The molecule has 0 aromatic heterocycles. The molecule has 0 amide bonds. The van der Waals surface area contributed by atoms with Crippen LogP contribution in [0.15, 0.2) is 0 Å². The molecule has 1 rings (SSSR count). The smallest absolute Gasteiger partial charge is 0.550 e. The molecule has 0 radical (unpaired) electrons. The van der Waals surface area contributed by atoms with Gasteiger partial charge >= 0.3 is 37.7 Å². The van der Waals surface area contributed by atoms with Crippen LogP contribution in [-0.4, -0.2) is 49.7 Å². The summed E-state index contributed by atoms with van der Waals surface area (Å²) in [6.07, 6.45) is 2.54. The molecular weight excluding hydrogens is 248 g/mol. The first-order chi connectivity index (χ1) is 7.41. The average molecular weight is 266 g/mol. The third-order valence-corrected chi connectivity index (χ3v) is 3.37. The van der Waals surface area contributed by atoms with Crippen molar-refractivity contribution in [2.24, 2.45) is 23.7 Å². The summed E-state index contributed by atoms with van der Waals surface area (Å²) in [6, 6.07) is 0. The normalized spacial score (nSPS) is 28.5. The Kier molecular flexibility index (Phi) is 7.68. The molecule has 0 N–H and O–H groups in total. The molecule has 92 valence electrons. The van der Waals surface area contributed by atoms with Crippen LogP contribution in [0.4, 0.5) is 0 Å². The molecule has 0 aromatic carbocycles. The van der Waals surface area contributed by atoms with Gasteiger partial charge in [-0.15, -0.1) is 0 Å². The third kappa shape index (κ3) is 5.14. The largest absolute Gasteiger partial charge is 2.00 e. The Morgan fingerprint density at radius 3 is 2.06 bits per heavy atom. The van der Waals surface area contributed by atoms with E-state index in [1.54, 1.807) is 0 Å². The first-order valence-electron chi connectivity index (χ1n) is 5.83. The molecule has 1 aliphatic carbocycles. The number of hydrogen-bond acceptors (Lipinski definition) is 4. The first kappa shape index (κ1) is 17.2. The van der Waals surface area contributed by atoms with Crippen LogP contribution in [0.5, 0.6) is 0 Å². The second kappa shape index (κ2) is 7.59. The van der Waals surface area contributed by atoms with E-state index in [1.807, 2.05) is 0 Å². The molecule has 0 spiro atoms. The van der Waals surface area contributed by atoms with Crippen LogP contribution in [0, 0.1) is 23.7 Å². The first-order valence-corrected chi connectivity index (χ1v) is 5.83. The molecule has 0 saturated heterocycles. The quantitative estimate of drug-likeness (QED) is 0.623. The summed E-state index contributed by atoms with van der Waals surface area (Å²) in [6.45, 7) is 4.16. The van der Waals surface area contributed by atoms with Crippen LogP contribution in [-0.2, 0) is 9.59 Å². The zero-order valence-electron chi connectivity index (χ0n) is 10.5. The summed E-state index contributed by atoms with van der Waals surface area (Å²) in [4.78, 5) is 21.7. The monoisotopic (exact) mass is 266 g/mol. The Balaban J connectivity index is 0.00000256. The molecule has 3 unspecified atom stereocenters. The number of carboxylic acid groups (broad SMARTS) is 2. The zero-order valence-corrected chi connectivity index (χ0v) is 12.7. The standard InChI is InChI=1S/C12H20O4.Ca/c1-7(2)5-8-3-4-9(11(13)14)10(6-8)12(15)16;/h7-10H,3-6H2,1-2H3,(H,13,14)(H,15,16);/q;+2/p-2. The van der Waals surface area contributed by atoms with Gasteiger partial charge in [-0.2, -0.15) is 0 Å². The van der Waals surface area contributed by atoms with E-state index in [0.717, 1.165) is 12.8 Å². The Hall–Kier alpha value is 0.200. The second-order valence-electron chi connectivity index (χ2n) is 5.16. The van der Waals surface area contributed by atoms with Crippen molar-refractivity contribution in [3.05, 3.63) is 0 Å². The van der Waals surface area contributed by atoms with Crippen LogP contribution in [0.2, 0.25) is 0 Å². The molecule has 0 heterocycles. The van der Waals surface area contributed by atoms with Crippen LogP contribution in [0.3, 0.4) is 0 Å². The molecule has 1 saturated carbocycles. The predicted molar refractivity (Wildman–Crippen MR) is 59.5 cm³/mol. The Bertz CT molecular complexity index is 278. The second-order valence-corrected chi connectivity index (χ2v) is 5.16. The molecule has 17 heavy (non-hydrogen) atoms. The third-order valence-electron chi connectivity index (χ3n) is 3.37. The van der Waals surface area contributed by atoms with E-state index in [4.69, 9.17) is 0 Å². The van der Waals surface area contributed by atoms with Gasteiger partial charge in [-0.1, -0.05) is 13.8 Å². The summed E-state index contributed by atoms with van der Waals surface area (Å²) < 4.78 is 0. The van der Waals surface area contributed by atoms with E-state index in [-0.39, 0.29) is 37.7 Å². The average Bonchev–Trinajstić information content (AvgIpc) is 2.16. The molecule has 1 aliphatic rings. The summed E-state index contributed by atoms with van der Waals surface area (Å²) in [7, 11) is 0. The van der Waals surface area contributed by atoms with Gasteiger partial charge in [-0.25, -0.2) is 0 Å². The number of aliphatic carboxylic acids is 2. The van der Waals surface area contributed by atoms with E-state index in [2.05, 4.69) is 13.8 Å². The SMILES string of the molecule is CC(C)CC1CCC(C(=O)[O-])C(C(=O)[O-])C1.[Ca+2]. The zero-order chi connectivity index (χ0) is 12.3. The van der Waals surface area contributed by atoms with Crippen molar-refractivity contribution in [3.63, 3.8) is 0 Å². The Labute approximate surface area is 132 Å². The summed E-state index contributed by atoms with van der Waals surface area (Å²) >= 11 is 0. The van der Waals surface area contributed by atoms with Crippen molar-refractivity contribution in [3.8, 4) is 0 Å². The van der Waals surface area contributed by atoms with Crippen molar-refractivity contribution in [2.45, 2.75) is 39.5 Å². The fraction of sp³-hybridized carbons (Fsp3) is 0.833. The number of hydrogen-bond donors (Lipinski definition) is 0. The fourth-order valence-electron chi connectivity index (χ4n) is 2.68. The van der Waals surface area contributed by atoms with Gasteiger partial charge in [0.15, 0.2) is 0 Å². The maximum atomic E-state index is 10.9. The van der Waals surface area contributed by atoms with Gasteiger partial charge in [0, 0.05) is 23.8 Å². The van der Waals surface area contributed by atoms with E-state index in [0.29, 0.717) is 24.7 Å². The van der Waals surface area contributed by atoms with Crippen LogP contribution < -0.4 is 10.2 Å². The number of carboxylic acids is 2. The molecule has 4 nitrogen and oxygen atoms in total.